The molecule has 7 heteroatoms. The Morgan fingerprint density at radius 3 is 2.54 bits per heavy atom. The zero-order valence-corrected chi connectivity index (χ0v) is 24.2. The van der Waals surface area contributed by atoms with Crippen LogP contribution in [0.25, 0.3) is 0 Å². The highest BCUT2D eigenvalue weighted by molar-refractivity contribution is 7.12. The fourth-order valence-electron chi connectivity index (χ4n) is 6.80. The second-order valence-corrected chi connectivity index (χ2v) is 12.6. The van der Waals surface area contributed by atoms with Gasteiger partial charge >= 0.3 is 0 Å². The standard InChI is InChI=1S/C30H43N3O3S/c1-18-14-19(2)31-29(36-6)25(18)17-32-13-7-8-26-27(30(32)34)21(4)28(37-26)20(3)22-9-11-23(12-10-22)33-15-24(16-33)35-5/h14,20,22-24H,7-13,15-17H2,1-6H3/t20-,22-,23-/m1/s1. The molecule has 1 atom stereocenters. The van der Waals surface area contributed by atoms with Crippen LogP contribution < -0.4 is 4.74 Å². The molecule has 2 fully saturated rings. The van der Waals surface area contributed by atoms with E-state index in [1.54, 1.807) is 7.11 Å². The maximum absolute atomic E-state index is 13.9. The van der Waals surface area contributed by atoms with Gasteiger partial charge in [0.15, 0.2) is 0 Å². The Hall–Kier alpha value is -1.96. The molecule has 6 nitrogen and oxygen atoms in total. The van der Waals surface area contributed by atoms with E-state index in [1.165, 1.54) is 41.0 Å². The molecule has 3 aliphatic rings. The molecule has 4 heterocycles. The molecule has 1 amide bonds. The monoisotopic (exact) mass is 525 g/mol. The number of amides is 1. The molecule has 202 valence electrons. The average Bonchev–Trinajstić information content (AvgIpc) is 3.10. The van der Waals surface area contributed by atoms with Crippen LogP contribution in [0.5, 0.6) is 5.88 Å². The minimum Gasteiger partial charge on any atom is -0.481 e. The lowest BCUT2D eigenvalue weighted by Crippen LogP contribution is -2.56. The Kier molecular flexibility index (Phi) is 7.94. The number of methoxy groups -OCH3 is 2. The van der Waals surface area contributed by atoms with E-state index >= 15 is 0 Å². The fraction of sp³-hybridized carbons (Fsp3) is 0.667. The number of aromatic nitrogens is 1. The molecule has 2 aliphatic heterocycles. The van der Waals surface area contributed by atoms with E-state index in [0.717, 1.165) is 60.9 Å². The van der Waals surface area contributed by atoms with Gasteiger partial charge in [-0.15, -0.1) is 11.3 Å². The first-order valence-electron chi connectivity index (χ1n) is 14.0. The molecule has 0 aromatic carbocycles. The Balaban J connectivity index is 1.30. The second kappa shape index (κ2) is 11.0. The van der Waals surface area contributed by atoms with Gasteiger partial charge in [0.05, 0.1) is 25.3 Å². The van der Waals surface area contributed by atoms with Crippen LogP contribution in [-0.4, -0.2) is 66.7 Å². The number of thiophene rings is 1. The number of nitrogens with zero attached hydrogens (tertiary/aromatic N) is 3. The van der Waals surface area contributed by atoms with Crippen molar-refractivity contribution in [3.05, 3.63) is 43.8 Å². The highest BCUT2D eigenvalue weighted by atomic mass is 32.1. The first kappa shape index (κ1) is 26.6. The predicted molar refractivity (Wildman–Crippen MR) is 149 cm³/mol. The Labute approximate surface area is 226 Å². The van der Waals surface area contributed by atoms with Crippen LogP contribution in [0.4, 0.5) is 0 Å². The summed E-state index contributed by atoms with van der Waals surface area (Å²) in [6.07, 6.45) is 7.55. The summed E-state index contributed by atoms with van der Waals surface area (Å²) < 4.78 is 11.1. The van der Waals surface area contributed by atoms with Gasteiger partial charge in [-0.25, -0.2) is 4.98 Å². The lowest BCUT2D eigenvalue weighted by atomic mass is 9.76. The van der Waals surface area contributed by atoms with E-state index in [4.69, 9.17) is 9.47 Å². The van der Waals surface area contributed by atoms with Gasteiger partial charge in [0.25, 0.3) is 5.91 Å². The molecule has 0 radical (unpaired) electrons. The van der Waals surface area contributed by atoms with Gasteiger partial charge in [-0.05, 0) is 88.3 Å². The maximum Gasteiger partial charge on any atom is 0.255 e. The van der Waals surface area contributed by atoms with E-state index < -0.39 is 0 Å². The minimum atomic E-state index is 0.177. The number of hydrogen-bond acceptors (Lipinski definition) is 6. The molecule has 37 heavy (non-hydrogen) atoms. The summed E-state index contributed by atoms with van der Waals surface area (Å²) in [4.78, 5) is 25.9. The third kappa shape index (κ3) is 5.19. The zero-order chi connectivity index (χ0) is 26.3. The quantitative estimate of drug-likeness (QED) is 0.467. The van der Waals surface area contributed by atoms with Crippen LogP contribution >= 0.6 is 11.3 Å². The SMILES string of the molecule is COc1nc(C)cc(C)c1CN1CCCc2sc([C@H](C)[C@H]3CC[C@H](N4CC(OC)C4)CC3)c(C)c2C1=O. The van der Waals surface area contributed by atoms with Crippen molar-refractivity contribution in [3.63, 3.8) is 0 Å². The molecular weight excluding hydrogens is 482 g/mol. The lowest BCUT2D eigenvalue weighted by Gasteiger charge is -2.46. The number of aryl methyl sites for hydroxylation is 3. The summed E-state index contributed by atoms with van der Waals surface area (Å²) in [5.74, 6) is 2.02. The van der Waals surface area contributed by atoms with Gasteiger partial charge in [0.2, 0.25) is 5.88 Å². The summed E-state index contributed by atoms with van der Waals surface area (Å²) in [5, 5.41) is 0. The zero-order valence-electron chi connectivity index (χ0n) is 23.4. The summed E-state index contributed by atoms with van der Waals surface area (Å²) in [7, 11) is 3.49. The summed E-state index contributed by atoms with van der Waals surface area (Å²) in [5.41, 5.74) is 5.28. The van der Waals surface area contributed by atoms with Crippen molar-refractivity contribution in [1.29, 1.82) is 0 Å². The second-order valence-electron chi connectivity index (χ2n) is 11.5. The first-order valence-corrected chi connectivity index (χ1v) is 14.8. The molecule has 0 spiro atoms. The van der Waals surface area contributed by atoms with Crippen LogP contribution in [0.15, 0.2) is 6.07 Å². The van der Waals surface area contributed by atoms with E-state index in [0.29, 0.717) is 30.4 Å². The van der Waals surface area contributed by atoms with Crippen molar-refractivity contribution in [2.24, 2.45) is 5.92 Å². The number of hydrogen-bond donors (Lipinski definition) is 0. The van der Waals surface area contributed by atoms with Crippen LogP contribution in [0.1, 0.15) is 87.4 Å². The highest BCUT2D eigenvalue weighted by Gasteiger charge is 2.37. The number of fused-ring (bicyclic) bond motifs is 1. The van der Waals surface area contributed by atoms with Crippen LogP contribution in [-0.2, 0) is 17.7 Å². The smallest absolute Gasteiger partial charge is 0.255 e. The lowest BCUT2D eigenvalue weighted by molar-refractivity contribution is -0.0600. The van der Waals surface area contributed by atoms with E-state index in [-0.39, 0.29) is 5.91 Å². The number of carbonyl (C=O) groups is 1. The average molecular weight is 526 g/mol. The number of carbonyl (C=O) groups excluding carboxylic acids is 1. The van der Waals surface area contributed by atoms with Gasteiger partial charge < -0.3 is 14.4 Å². The molecule has 1 saturated heterocycles. The maximum atomic E-state index is 13.9. The molecule has 0 unspecified atom stereocenters. The van der Waals surface area contributed by atoms with Crippen LogP contribution in [0.3, 0.4) is 0 Å². The molecule has 1 saturated carbocycles. The third-order valence-electron chi connectivity index (χ3n) is 9.16. The van der Waals surface area contributed by atoms with Gasteiger partial charge in [0.1, 0.15) is 0 Å². The summed E-state index contributed by atoms with van der Waals surface area (Å²) >= 11 is 1.92. The summed E-state index contributed by atoms with van der Waals surface area (Å²) in [6, 6.07) is 2.80. The normalized spacial score (nSPS) is 23.9. The van der Waals surface area contributed by atoms with Crippen LogP contribution in [0, 0.1) is 26.7 Å². The van der Waals surface area contributed by atoms with Crippen molar-refractivity contribution in [2.45, 2.75) is 90.8 Å². The Bertz CT molecular complexity index is 1130. The van der Waals surface area contributed by atoms with Gasteiger partial charge in [0, 0.05) is 53.8 Å². The molecule has 5 rings (SSSR count). The van der Waals surface area contributed by atoms with Crippen molar-refractivity contribution in [1.82, 2.24) is 14.8 Å². The van der Waals surface area contributed by atoms with E-state index in [2.05, 4.69) is 36.7 Å². The molecule has 2 aromatic rings. The van der Waals surface area contributed by atoms with Gasteiger partial charge in [-0.3, -0.25) is 9.69 Å². The first-order chi connectivity index (χ1) is 17.8. The number of rotatable bonds is 7. The fourth-order valence-corrected chi connectivity index (χ4v) is 8.29. The van der Waals surface area contributed by atoms with Crippen molar-refractivity contribution in [2.75, 3.05) is 33.9 Å². The molecule has 0 N–H and O–H groups in total. The number of pyridine rings is 1. The van der Waals surface area contributed by atoms with Gasteiger partial charge in [-0.1, -0.05) is 6.92 Å². The van der Waals surface area contributed by atoms with E-state index in [9.17, 15) is 4.79 Å². The minimum absolute atomic E-state index is 0.177. The van der Waals surface area contributed by atoms with Crippen LogP contribution in [0.2, 0.25) is 0 Å². The molecule has 2 aromatic heterocycles. The van der Waals surface area contributed by atoms with Crippen molar-refractivity contribution >= 4 is 17.2 Å². The number of likely N-dealkylation sites (tertiary alicyclic amines) is 1. The van der Waals surface area contributed by atoms with E-state index in [1.807, 2.05) is 30.3 Å². The Morgan fingerprint density at radius 1 is 1.14 bits per heavy atom. The molecule has 1 aliphatic carbocycles. The van der Waals surface area contributed by atoms with Crippen molar-refractivity contribution in [3.8, 4) is 5.88 Å². The molecule has 0 bridgehead atoms. The van der Waals surface area contributed by atoms with Crippen molar-refractivity contribution < 1.29 is 14.3 Å². The highest BCUT2D eigenvalue weighted by Crippen LogP contribution is 2.44. The summed E-state index contributed by atoms with van der Waals surface area (Å²) in [6.45, 7) is 12.2. The topological polar surface area (TPSA) is 54.9 Å². The molecular formula is C30H43N3O3S. The van der Waals surface area contributed by atoms with Gasteiger partial charge in [-0.2, -0.15) is 0 Å². The Morgan fingerprint density at radius 2 is 1.86 bits per heavy atom. The number of ether oxygens (including phenoxy) is 2. The predicted octanol–water partition coefficient (Wildman–Crippen LogP) is 5.66. The largest absolute Gasteiger partial charge is 0.481 e. The third-order valence-corrected chi connectivity index (χ3v) is 10.7.